The number of hydrogen-bond acceptors (Lipinski definition) is 4. The minimum absolute atomic E-state index is 0.0660. The Hall–Kier alpha value is -2.94. The number of amides is 1. The van der Waals surface area contributed by atoms with E-state index in [-0.39, 0.29) is 11.9 Å². The highest BCUT2D eigenvalue weighted by Crippen LogP contribution is 2.43. The zero-order chi connectivity index (χ0) is 17.4. The highest BCUT2D eigenvalue weighted by molar-refractivity contribution is 5.93. The Kier molecular flexibility index (Phi) is 3.85. The first kappa shape index (κ1) is 15.6. The van der Waals surface area contributed by atoms with Crippen LogP contribution in [-0.2, 0) is 7.05 Å². The first-order chi connectivity index (χ1) is 12.2. The number of aromatic nitrogens is 1. The van der Waals surface area contributed by atoms with E-state index in [2.05, 4.69) is 11.4 Å². The maximum Gasteiger partial charge on any atom is 0.268 e. The van der Waals surface area contributed by atoms with Crippen LogP contribution in [0.15, 0.2) is 30.5 Å². The summed E-state index contributed by atoms with van der Waals surface area (Å²) in [7, 11) is 1.77. The number of nitriles is 1. The van der Waals surface area contributed by atoms with E-state index < -0.39 is 0 Å². The smallest absolute Gasteiger partial charge is 0.268 e. The SMILES string of the molecule is Cn1cc(C#N)cc1C(=O)N[C@@H](c1ccc2c(c1)OCCO2)C1CC1. The van der Waals surface area contributed by atoms with Crippen molar-refractivity contribution in [3.63, 3.8) is 0 Å². The third kappa shape index (κ3) is 3.05. The van der Waals surface area contributed by atoms with E-state index in [1.165, 1.54) is 0 Å². The molecular formula is C19H19N3O3. The second kappa shape index (κ2) is 6.17. The summed E-state index contributed by atoms with van der Waals surface area (Å²) in [6.07, 6.45) is 3.84. The number of nitrogens with one attached hydrogen (secondary N) is 1. The fraction of sp³-hybridized carbons (Fsp3) is 0.368. The molecule has 0 unspecified atom stereocenters. The molecule has 6 nitrogen and oxygen atoms in total. The molecule has 1 aromatic heterocycles. The van der Waals surface area contributed by atoms with Crippen LogP contribution >= 0.6 is 0 Å². The third-order valence-electron chi connectivity index (χ3n) is 4.67. The topological polar surface area (TPSA) is 76.3 Å². The van der Waals surface area contributed by atoms with Gasteiger partial charge in [-0.05, 0) is 42.5 Å². The summed E-state index contributed by atoms with van der Waals surface area (Å²) < 4.78 is 12.9. The monoisotopic (exact) mass is 337 g/mol. The number of rotatable bonds is 4. The zero-order valence-corrected chi connectivity index (χ0v) is 14.0. The standard InChI is InChI=1S/C19H19N3O3/c1-22-11-12(10-20)8-15(22)19(23)21-18(13-2-3-13)14-4-5-16-17(9-14)25-7-6-24-16/h4-5,8-9,11,13,18H,2-3,6-7H2,1H3,(H,21,23)/t18-/m1/s1. The molecule has 0 radical (unpaired) electrons. The van der Waals surface area contributed by atoms with Crippen LogP contribution in [-0.4, -0.2) is 23.7 Å². The number of carbonyl (C=O) groups is 1. The Balaban J connectivity index is 1.59. The van der Waals surface area contributed by atoms with Crippen LogP contribution in [0.2, 0.25) is 0 Å². The van der Waals surface area contributed by atoms with Crippen molar-refractivity contribution in [3.8, 4) is 17.6 Å². The number of ether oxygens (including phenoxy) is 2. The highest BCUT2D eigenvalue weighted by atomic mass is 16.6. The number of aryl methyl sites for hydroxylation is 1. The van der Waals surface area contributed by atoms with Crippen LogP contribution < -0.4 is 14.8 Å². The Morgan fingerprint density at radius 2 is 2.04 bits per heavy atom. The van der Waals surface area contributed by atoms with E-state index in [1.807, 2.05) is 18.2 Å². The van der Waals surface area contributed by atoms with Gasteiger partial charge in [0.05, 0.1) is 11.6 Å². The average molecular weight is 337 g/mol. The van der Waals surface area contributed by atoms with E-state index in [0.717, 1.165) is 29.9 Å². The molecule has 25 heavy (non-hydrogen) atoms. The number of carbonyl (C=O) groups excluding carboxylic acids is 1. The summed E-state index contributed by atoms with van der Waals surface area (Å²) >= 11 is 0. The van der Waals surface area contributed by atoms with Gasteiger partial charge in [0.2, 0.25) is 0 Å². The van der Waals surface area contributed by atoms with Crippen LogP contribution in [0.5, 0.6) is 11.5 Å². The summed E-state index contributed by atoms with van der Waals surface area (Å²) in [6.45, 7) is 1.10. The van der Waals surface area contributed by atoms with Gasteiger partial charge in [0.25, 0.3) is 5.91 Å². The lowest BCUT2D eigenvalue weighted by Gasteiger charge is -2.23. The summed E-state index contributed by atoms with van der Waals surface area (Å²) in [5.74, 6) is 1.74. The molecule has 2 heterocycles. The highest BCUT2D eigenvalue weighted by Gasteiger charge is 2.34. The predicted molar refractivity (Wildman–Crippen MR) is 90.5 cm³/mol. The van der Waals surface area contributed by atoms with Gasteiger partial charge in [-0.15, -0.1) is 0 Å². The number of nitrogens with zero attached hydrogens (tertiary/aromatic N) is 2. The minimum atomic E-state index is -0.171. The predicted octanol–water partition coefficient (Wildman–Crippen LogP) is 2.55. The Morgan fingerprint density at radius 1 is 1.28 bits per heavy atom. The molecule has 0 spiro atoms. The van der Waals surface area contributed by atoms with Gasteiger partial charge >= 0.3 is 0 Å². The average Bonchev–Trinajstić information content (AvgIpc) is 3.40. The van der Waals surface area contributed by atoms with Crippen molar-refractivity contribution in [2.24, 2.45) is 13.0 Å². The van der Waals surface area contributed by atoms with Crippen molar-refractivity contribution in [2.45, 2.75) is 18.9 Å². The molecule has 2 aromatic rings. The Labute approximate surface area is 146 Å². The summed E-state index contributed by atoms with van der Waals surface area (Å²) in [6, 6.07) is 9.47. The molecule has 1 saturated carbocycles. The van der Waals surface area contributed by atoms with Gasteiger partial charge < -0.3 is 19.4 Å². The van der Waals surface area contributed by atoms with E-state index in [1.54, 1.807) is 23.9 Å². The zero-order valence-electron chi connectivity index (χ0n) is 14.0. The molecular weight excluding hydrogens is 318 g/mol. The number of fused-ring (bicyclic) bond motifs is 1. The van der Waals surface area contributed by atoms with Gasteiger partial charge in [0.1, 0.15) is 25.0 Å². The molecule has 1 aliphatic carbocycles. The molecule has 1 aliphatic heterocycles. The maximum atomic E-state index is 12.7. The molecule has 1 aromatic carbocycles. The van der Waals surface area contributed by atoms with Crippen molar-refractivity contribution >= 4 is 5.91 Å². The van der Waals surface area contributed by atoms with E-state index in [9.17, 15) is 4.79 Å². The summed E-state index contributed by atoms with van der Waals surface area (Å²) in [4.78, 5) is 12.7. The van der Waals surface area contributed by atoms with Crippen LogP contribution in [0.3, 0.4) is 0 Å². The van der Waals surface area contributed by atoms with Crippen molar-refractivity contribution in [3.05, 3.63) is 47.3 Å². The van der Waals surface area contributed by atoms with Gasteiger partial charge in [-0.2, -0.15) is 5.26 Å². The largest absolute Gasteiger partial charge is 0.486 e. The van der Waals surface area contributed by atoms with Crippen molar-refractivity contribution in [2.75, 3.05) is 13.2 Å². The fourth-order valence-corrected chi connectivity index (χ4v) is 3.22. The van der Waals surface area contributed by atoms with Crippen molar-refractivity contribution in [1.82, 2.24) is 9.88 Å². The second-order valence-electron chi connectivity index (χ2n) is 6.53. The first-order valence-corrected chi connectivity index (χ1v) is 8.42. The third-order valence-corrected chi connectivity index (χ3v) is 4.67. The first-order valence-electron chi connectivity index (χ1n) is 8.42. The van der Waals surface area contributed by atoms with E-state index in [4.69, 9.17) is 14.7 Å². The molecule has 0 bridgehead atoms. The van der Waals surface area contributed by atoms with Crippen LogP contribution in [0, 0.1) is 17.2 Å². The second-order valence-corrected chi connectivity index (χ2v) is 6.53. The lowest BCUT2D eigenvalue weighted by Crippen LogP contribution is -2.31. The lowest BCUT2D eigenvalue weighted by atomic mass is 10.0. The molecule has 1 atom stereocenters. The lowest BCUT2D eigenvalue weighted by molar-refractivity contribution is 0.0923. The summed E-state index contributed by atoms with van der Waals surface area (Å²) in [5.41, 5.74) is 1.99. The number of hydrogen-bond donors (Lipinski definition) is 1. The van der Waals surface area contributed by atoms with Gasteiger partial charge in [0.15, 0.2) is 11.5 Å². The van der Waals surface area contributed by atoms with Gasteiger partial charge in [-0.25, -0.2) is 0 Å². The minimum Gasteiger partial charge on any atom is -0.486 e. The van der Waals surface area contributed by atoms with Gasteiger partial charge in [0, 0.05) is 13.2 Å². The molecule has 6 heteroatoms. The molecule has 4 rings (SSSR count). The molecule has 2 aliphatic rings. The molecule has 128 valence electrons. The number of benzene rings is 1. The summed E-state index contributed by atoms with van der Waals surface area (Å²) in [5, 5.41) is 12.1. The fourth-order valence-electron chi connectivity index (χ4n) is 3.22. The van der Waals surface area contributed by atoms with Crippen LogP contribution in [0.4, 0.5) is 0 Å². The molecule has 1 N–H and O–H groups in total. The van der Waals surface area contributed by atoms with Gasteiger partial charge in [-0.3, -0.25) is 4.79 Å². The van der Waals surface area contributed by atoms with E-state index >= 15 is 0 Å². The van der Waals surface area contributed by atoms with Crippen molar-refractivity contribution in [1.29, 1.82) is 5.26 Å². The quantitative estimate of drug-likeness (QED) is 0.930. The van der Waals surface area contributed by atoms with E-state index in [0.29, 0.717) is 30.4 Å². The normalized spacial score (nSPS) is 16.8. The van der Waals surface area contributed by atoms with Gasteiger partial charge in [-0.1, -0.05) is 6.07 Å². The Bertz CT molecular complexity index is 861. The van der Waals surface area contributed by atoms with Crippen LogP contribution in [0.1, 0.15) is 40.5 Å². The molecule has 0 saturated heterocycles. The molecule has 1 fully saturated rings. The van der Waals surface area contributed by atoms with Crippen LogP contribution in [0.25, 0.3) is 0 Å². The van der Waals surface area contributed by atoms with Crippen molar-refractivity contribution < 1.29 is 14.3 Å². The maximum absolute atomic E-state index is 12.7. The molecule has 1 amide bonds. The Morgan fingerprint density at radius 3 is 2.72 bits per heavy atom.